The van der Waals surface area contributed by atoms with Crippen molar-refractivity contribution in [1.82, 2.24) is 5.32 Å². The Morgan fingerprint density at radius 3 is 2.35 bits per heavy atom. The molecule has 0 aromatic carbocycles. The lowest BCUT2D eigenvalue weighted by Crippen LogP contribution is -2.18. The molecule has 0 unspecified atom stereocenters. The first-order valence-corrected chi connectivity index (χ1v) is 10.8. The lowest BCUT2D eigenvalue weighted by molar-refractivity contribution is 0.461. The predicted molar refractivity (Wildman–Crippen MR) is 86.5 cm³/mol. The van der Waals surface area contributed by atoms with Crippen LogP contribution in [0.2, 0.25) is 0 Å². The largest absolute Gasteiger partial charge is 0.319 e. The monoisotopic (exact) mass is 323 g/mol. The van der Waals surface area contributed by atoms with E-state index in [0.717, 1.165) is 18.9 Å². The van der Waals surface area contributed by atoms with Gasteiger partial charge in [-0.15, -0.1) is 0 Å². The van der Waals surface area contributed by atoms with Crippen LogP contribution in [0.5, 0.6) is 0 Å². The summed E-state index contributed by atoms with van der Waals surface area (Å²) >= 11 is 0. The van der Waals surface area contributed by atoms with E-state index in [0.29, 0.717) is 23.1 Å². The molecule has 0 amide bonds. The summed E-state index contributed by atoms with van der Waals surface area (Å²) in [6, 6.07) is 0. The van der Waals surface area contributed by atoms with E-state index in [9.17, 15) is 8.42 Å². The second-order valence-electron chi connectivity index (χ2n) is 5.71. The van der Waals surface area contributed by atoms with Crippen molar-refractivity contribution in [2.24, 2.45) is 5.92 Å². The number of nitrogens with one attached hydrogen (secondary N) is 1. The average Bonchev–Trinajstić information content (AvgIpc) is 2.87. The Kier molecular flexibility index (Phi) is 9.94. The third-order valence-electron chi connectivity index (χ3n) is 3.95. The van der Waals surface area contributed by atoms with Crippen molar-refractivity contribution < 1.29 is 13.0 Å². The van der Waals surface area contributed by atoms with Crippen LogP contribution in [0.15, 0.2) is 0 Å². The van der Waals surface area contributed by atoms with Crippen LogP contribution in [0, 0.1) is 5.92 Å². The first-order chi connectivity index (χ1) is 9.58. The van der Waals surface area contributed by atoms with E-state index in [1.54, 1.807) is 0 Å². The molecule has 0 spiro atoms. The molecule has 1 aliphatic carbocycles. The van der Waals surface area contributed by atoms with E-state index in [2.05, 4.69) is 5.32 Å². The Hall–Kier alpha value is 0.220. The third-order valence-corrected chi connectivity index (χ3v) is 6.01. The standard InChI is InChI=1S/C14H29NO3S2/c16-20(17,18)19-13-12-15-11-7-3-1-2-4-8-14-9-5-6-10-14/h14-15H,1-13H2,(H,16,17,18). The molecule has 0 aliphatic heterocycles. The molecule has 20 heavy (non-hydrogen) atoms. The molecule has 0 radical (unpaired) electrons. The molecule has 0 bridgehead atoms. The SMILES string of the molecule is O=S(=O)(O)SCCNCCCCCCCC1CCCC1. The van der Waals surface area contributed by atoms with Gasteiger partial charge in [-0.25, -0.2) is 0 Å². The van der Waals surface area contributed by atoms with Crippen molar-refractivity contribution in [2.45, 2.75) is 64.2 Å². The summed E-state index contributed by atoms with van der Waals surface area (Å²) in [4.78, 5) is 0. The minimum Gasteiger partial charge on any atom is -0.316 e. The summed E-state index contributed by atoms with van der Waals surface area (Å²) < 4.78 is 29.4. The maximum absolute atomic E-state index is 10.5. The van der Waals surface area contributed by atoms with Crippen LogP contribution >= 0.6 is 10.8 Å². The van der Waals surface area contributed by atoms with Crippen molar-refractivity contribution in [2.75, 3.05) is 18.8 Å². The van der Waals surface area contributed by atoms with Crippen molar-refractivity contribution in [1.29, 1.82) is 0 Å². The Morgan fingerprint density at radius 1 is 1.00 bits per heavy atom. The highest BCUT2D eigenvalue weighted by Crippen LogP contribution is 2.29. The van der Waals surface area contributed by atoms with Gasteiger partial charge in [0.1, 0.15) is 0 Å². The van der Waals surface area contributed by atoms with Gasteiger partial charge < -0.3 is 5.32 Å². The molecular formula is C14H29NO3S2. The van der Waals surface area contributed by atoms with Crippen molar-refractivity contribution in [3.63, 3.8) is 0 Å². The van der Waals surface area contributed by atoms with E-state index in [1.807, 2.05) is 0 Å². The molecule has 1 saturated carbocycles. The first kappa shape index (κ1) is 18.3. The van der Waals surface area contributed by atoms with Gasteiger partial charge in [-0.05, 0) is 29.7 Å². The van der Waals surface area contributed by atoms with Crippen LogP contribution in [0.25, 0.3) is 0 Å². The van der Waals surface area contributed by atoms with Gasteiger partial charge >= 0.3 is 9.15 Å². The fourth-order valence-electron chi connectivity index (χ4n) is 2.86. The molecule has 1 rings (SSSR count). The Balaban J connectivity index is 1.74. The maximum Gasteiger partial charge on any atom is 0.319 e. The Bertz CT molecular complexity index is 327. The summed E-state index contributed by atoms with van der Waals surface area (Å²) in [5.74, 6) is 1.43. The lowest BCUT2D eigenvalue weighted by atomic mass is 9.99. The molecule has 0 heterocycles. The van der Waals surface area contributed by atoms with E-state index >= 15 is 0 Å². The average molecular weight is 324 g/mol. The highest BCUT2D eigenvalue weighted by molar-refractivity contribution is 8.69. The zero-order chi connectivity index (χ0) is 14.7. The number of unbranched alkanes of at least 4 members (excludes halogenated alkanes) is 4. The van der Waals surface area contributed by atoms with Gasteiger partial charge in [0, 0.05) is 12.3 Å². The molecule has 2 N–H and O–H groups in total. The minimum absolute atomic E-state index is 0.403. The molecule has 4 nitrogen and oxygen atoms in total. The van der Waals surface area contributed by atoms with Gasteiger partial charge in [0.2, 0.25) is 0 Å². The zero-order valence-electron chi connectivity index (χ0n) is 12.3. The van der Waals surface area contributed by atoms with E-state index in [4.69, 9.17) is 4.55 Å². The van der Waals surface area contributed by atoms with E-state index in [1.165, 1.54) is 57.8 Å². The van der Waals surface area contributed by atoms with Crippen LogP contribution < -0.4 is 5.32 Å². The molecule has 1 aliphatic rings. The summed E-state index contributed by atoms with van der Waals surface area (Å²) in [5.41, 5.74) is 0. The maximum atomic E-state index is 10.5. The molecule has 120 valence electrons. The fraction of sp³-hybridized carbons (Fsp3) is 1.00. The van der Waals surface area contributed by atoms with Crippen molar-refractivity contribution >= 4 is 19.9 Å². The highest BCUT2D eigenvalue weighted by atomic mass is 33.1. The first-order valence-electron chi connectivity index (χ1n) is 7.90. The van der Waals surface area contributed by atoms with Crippen LogP contribution in [-0.4, -0.2) is 31.8 Å². The van der Waals surface area contributed by atoms with Gasteiger partial charge in [0.25, 0.3) is 0 Å². The van der Waals surface area contributed by atoms with E-state index < -0.39 is 9.15 Å². The third kappa shape index (κ3) is 10.9. The predicted octanol–water partition coefficient (Wildman–Crippen LogP) is 3.64. The minimum atomic E-state index is -3.86. The second kappa shape index (κ2) is 10.9. The van der Waals surface area contributed by atoms with Gasteiger partial charge in [0.05, 0.1) is 0 Å². The molecule has 0 saturated heterocycles. The van der Waals surface area contributed by atoms with Crippen LogP contribution in [0.3, 0.4) is 0 Å². The van der Waals surface area contributed by atoms with Crippen molar-refractivity contribution in [3.05, 3.63) is 0 Å². The quantitative estimate of drug-likeness (QED) is 0.326. The molecule has 6 heteroatoms. The van der Waals surface area contributed by atoms with Gasteiger partial charge in [-0.2, -0.15) is 8.42 Å². The smallest absolute Gasteiger partial charge is 0.316 e. The topological polar surface area (TPSA) is 66.4 Å². The number of rotatable bonds is 12. The van der Waals surface area contributed by atoms with Crippen molar-refractivity contribution in [3.8, 4) is 0 Å². The summed E-state index contributed by atoms with van der Waals surface area (Å²) in [6.07, 6.45) is 13.7. The second-order valence-corrected chi connectivity index (χ2v) is 9.18. The Morgan fingerprint density at radius 2 is 1.65 bits per heavy atom. The van der Waals surface area contributed by atoms with E-state index in [-0.39, 0.29) is 0 Å². The van der Waals surface area contributed by atoms with Gasteiger partial charge in [0.15, 0.2) is 0 Å². The lowest BCUT2D eigenvalue weighted by Gasteiger charge is -2.08. The zero-order valence-corrected chi connectivity index (χ0v) is 14.0. The molecule has 0 aromatic heterocycles. The highest BCUT2D eigenvalue weighted by Gasteiger charge is 2.13. The number of hydrogen-bond donors (Lipinski definition) is 2. The van der Waals surface area contributed by atoms with Gasteiger partial charge in [-0.1, -0.05) is 57.8 Å². The summed E-state index contributed by atoms with van der Waals surface area (Å²) in [5, 5.41) is 3.20. The van der Waals surface area contributed by atoms with Gasteiger partial charge in [-0.3, -0.25) is 4.55 Å². The van der Waals surface area contributed by atoms with Crippen LogP contribution in [0.4, 0.5) is 0 Å². The molecular weight excluding hydrogens is 294 g/mol. The summed E-state index contributed by atoms with van der Waals surface area (Å²) in [7, 11) is -3.28. The number of hydrogen-bond acceptors (Lipinski definition) is 4. The molecule has 0 aromatic rings. The van der Waals surface area contributed by atoms with Crippen LogP contribution in [-0.2, 0) is 9.15 Å². The fourth-order valence-corrected chi connectivity index (χ4v) is 4.18. The molecule has 1 fully saturated rings. The normalized spacial score (nSPS) is 16.9. The Labute approximate surface area is 127 Å². The molecule has 0 atom stereocenters. The summed E-state index contributed by atoms with van der Waals surface area (Å²) in [6.45, 7) is 1.57. The van der Waals surface area contributed by atoms with Crippen LogP contribution in [0.1, 0.15) is 64.2 Å².